The number of hydrogen-bond donors (Lipinski definition) is 1. The minimum atomic E-state index is -1.34. The van der Waals surface area contributed by atoms with E-state index in [4.69, 9.17) is 14.2 Å². The zero-order valence-corrected chi connectivity index (χ0v) is 19.7. The molecule has 0 amide bonds. The van der Waals surface area contributed by atoms with Gasteiger partial charge in [0, 0.05) is 0 Å². The van der Waals surface area contributed by atoms with E-state index >= 15 is 0 Å². The number of carboxylic acids is 1. The SMILES string of the molecule is CCC(C)C(C)(C(=O)OCCOC(=O)C1(C)C2CCC(O2)C1(C)C(=O)O)C(C)(C)C. The van der Waals surface area contributed by atoms with E-state index in [2.05, 4.69) is 0 Å². The molecule has 2 heterocycles. The summed E-state index contributed by atoms with van der Waals surface area (Å²) in [6.45, 7) is 15.0. The normalized spacial score (nSPS) is 33.6. The Morgan fingerprint density at radius 1 is 1.03 bits per heavy atom. The van der Waals surface area contributed by atoms with Crippen LogP contribution >= 0.6 is 0 Å². The van der Waals surface area contributed by atoms with Gasteiger partial charge in [0.2, 0.25) is 0 Å². The van der Waals surface area contributed by atoms with Gasteiger partial charge >= 0.3 is 17.9 Å². The van der Waals surface area contributed by atoms with E-state index < -0.39 is 40.4 Å². The third-order valence-electron chi connectivity index (χ3n) is 8.38. The second-order valence-corrected chi connectivity index (χ2v) is 10.4. The summed E-state index contributed by atoms with van der Waals surface area (Å²) in [7, 11) is 0. The quantitative estimate of drug-likeness (QED) is 0.465. The Bertz CT molecular complexity index is 696. The largest absolute Gasteiger partial charge is 0.481 e. The van der Waals surface area contributed by atoms with Gasteiger partial charge in [-0.15, -0.1) is 0 Å². The standard InChI is InChI=1S/C23H38O7/c1-9-14(2)21(6,20(3,4)5)18(26)28-12-13-29-19(27)23(8)16-11-10-15(30-16)22(23,7)17(24)25/h14-16H,9-13H2,1-8H3,(H,24,25). The zero-order valence-electron chi connectivity index (χ0n) is 19.7. The number of carbonyl (C=O) groups is 3. The number of ether oxygens (including phenoxy) is 3. The maximum atomic E-state index is 12.9. The van der Waals surface area contributed by atoms with Crippen LogP contribution in [0.5, 0.6) is 0 Å². The molecular formula is C23H38O7. The van der Waals surface area contributed by atoms with Gasteiger partial charge in [-0.2, -0.15) is 0 Å². The van der Waals surface area contributed by atoms with Crippen molar-refractivity contribution in [2.45, 2.75) is 86.9 Å². The molecule has 7 heteroatoms. The van der Waals surface area contributed by atoms with E-state index in [1.807, 2.05) is 41.5 Å². The van der Waals surface area contributed by atoms with Crippen molar-refractivity contribution in [3.63, 3.8) is 0 Å². The molecule has 2 aliphatic rings. The van der Waals surface area contributed by atoms with Gasteiger partial charge in [0.1, 0.15) is 24.0 Å². The third-order valence-corrected chi connectivity index (χ3v) is 8.38. The van der Waals surface area contributed by atoms with Gasteiger partial charge in [0.05, 0.1) is 17.6 Å². The van der Waals surface area contributed by atoms with E-state index in [0.29, 0.717) is 12.8 Å². The Balaban J connectivity index is 2.01. The van der Waals surface area contributed by atoms with Crippen LogP contribution in [0.2, 0.25) is 0 Å². The first-order valence-electron chi connectivity index (χ1n) is 10.9. The van der Waals surface area contributed by atoms with Gasteiger partial charge in [-0.05, 0) is 44.9 Å². The second kappa shape index (κ2) is 8.13. The number of rotatable bonds is 8. The van der Waals surface area contributed by atoms with Crippen LogP contribution in [0.1, 0.15) is 74.7 Å². The number of carboxylic acid groups (broad SMARTS) is 1. The minimum absolute atomic E-state index is 0.0680. The van der Waals surface area contributed by atoms with Gasteiger partial charge in [0.15, 0.2) is 0 Å². The van der Waals surface area contributed by atoms with Crippen molar-refractivity contribution in [1.29, 1.82) is 0 Å². The maximum absolute atomic E-state index is 12.9. The Morgan fingerprint density at radius 3 is 2.00 bits per heavy atom. The molecule has 2 bridgehead atoms. The molecule has 0 radical (unpaired) electrons. The summed E-state index contributed by atoms with van der Waals surface area (Å²) in [4.78, 5) is 37.8. The fraction of sp³-hybridized carbons (Fsp3) is 0.870. The summed E-state index contributed by atoms with van der Waals surface area (Å²) in [6.07, 6.45) is 1.11. The summed E-state index contributed by atoms with van der Waals surface area (Å²) in [5.74, 6) is -1.87. The Hall–Kier alpha value is -1.63. The molecule has 1 N–H and O–H groups in total. The third kappa shape index (κ3) is 3.43. The number of carbonyl (C=O) groups excluding carboxylic acids is 2. The minimum Gasteiger partial charge on any atom is -0.481 e. The van der Waals surface area contributed by atoms with E-state index in [1.165, 1.54) is 0 Å². The van der Waals surface area contributed by atoms with Crippen molar-refractivity contribution >= 4 is 17.9 Å². The molecule has 2 aliphatic heterocycles. The molecule has 0 aromatic rings. The molecule has 0 spiro atoms. The van der Waals surface area contributed by atoms with Crippen LogP contribution < -0.4 is 0 Å². The molecule has 30 heavy (non-hydrogen) atoms. The average Bonchev–Trinajstić information content (AvgIpc) is 3.24. The number of hydrogen-bond acceptors (Lipinski definition) is 6. The van der Waals surface area contributed by atoms with E-state index in [0.717, 1.165) is 6.42 Å². The zero-order chi connectivity index (χ0) is 23.1. The lowest BCUT2D eigenvalue weighted by molar-refractivity contribution is -0.180. The fourth-order valence-corrected chi connectivity index (χ4v) is 5.08. The van der Waals surface area contributed by atoms with E-state index in [-0.39, 0.29) is 30.5 Å². The van der Waals surface area contributed by atoms with Gasteiger partial charge < -0.3 is 19.3 Å². The molecule has 0 aromatic heterocycles. The summed E-state index contributed by atoms with van der Waals surface area (Å²) in [5, 5.41) is 9.81. The first kappa shape index (κ1) is 24.6. The molecule has 172 valence electrons. The highest BCUT2D eigenvalue weighted by molar-refractivity contribution is 5.89. The molecule has 2 saturated heterocycles. The molecule has 7 nitrogen and oxygen atoms in total. The average molecular weight is 427 g/mol. The van der Waals surface area contributed by atoms with Gasteiger partial charge in [0.25, 0.3) is 0 Å². The molecule has 0 aromatic carbocycles. The highest BCUT2D eigenvalue weighted by atomic mass is 16.6. The topological polar surface area (TPSA) is 99.1 Å². The summed E-state index contributed by atoms with van der Waals surface area (Å²) in [5.41, 5.74) is -3.60. The van der Waals surface area contributed by atoms with Crippen LogP contribution in [0.4, 0.5) is 0 Å². The predicted molar refractivity (Wildman–Crippen MR) is 111 cm³/mol. The smallest absolute Gasteiger partial charge is 0.315 e. The first-order chi connectivity index (χ1) is 13.7. The second-order valence-electron chi connectivity index (χ2n) is 10.4. The first-order valence-corrected chi connectivity index (χ1v) is 10.9. The van der Waals surface area contributed by atoms with Gasteiger partial charge in [-0.25, -0.2) is 0 Å². The summed E-state index contributed by atoms with van der Waals surface area (Å²) in [6, 6.07) is 0. The van der Waals surface area contributed by atoms with Crippen molar-refractivity contribution in [1.82, 2.24) is 0 Å². The lowest BCUT2D eigenvalue weighted by Gasteiger charge is -2.44. The monoisotopic (exact) mass is 426 g/mol. The van der Waals surface area contributed by atoms with E-state index in [9.17, 15) is 19.5 Å². The molecular weight excluding hydrogens is 388 g/mol. The fourth-order valence-electron chi connectivity index (χ4n) is 5.08. The highest BCUT2D eigenvalue weighted by Gasteiger charge is 2.72. The van der Waals surface area contributed by atoms with Crippen molar-refractivity contribution in [2.24, 2.45) is 27.6 Å². The maximum Gasteiger partial charge on any atom is 0.315 e. The van der Waals surface area contributed by atoms with Crippen LogP contribution in [-0.4, -0.2) is 48.4 Å². The molecule has 6 atom stereocenters. The predicted octanol–water partition coefficient (Wildman–Crippen LogP) is 3.83. The van der Waals surface area contributed by atoms with Crippen LogP contribution in [0.3, 0.4) is 0 Å². The summed E-state index contributed by atoms with van der Waals surface area (Å²) < 4.78 is 16.7. The van der Waals surface area contributed by atoms with Crippen molar-refractivity contribution in [2.75, 3.05) is 13.2 Å². The molecule has 0 saturated carbocycles. The van der Waals surface area contributed by atoms with Crippen molar-refractivity contribution in [3.8, 4) is 0 Å². The van der Waals surface area contributed by atoms with Crippen LogP contribution in [-0.2, 0) is 28.6 Å². The van der Waals surface area contributed by atoms with E-state index in [1.54, 1.807) is 13.8 Å². The summed E-state index contributed by atoms with van der Waals surface area (Å²) >= 11 is 0. The van der Waals surface area contributed by atoms with Crippen molar-refractivity contribution in [3.05, 3.63) is 0 Å². The number of fused-ring (bicyclic) bond motifs is 2. The molecule has 2 fully saturated rings. The Labute approximate surface area is 179 Å². The van der Waals surface area contributed by atoms with Crippen LogP contribution in [0.25, 0.3) is 0 Å². The lowest BCUT2D eigenvalue weighted by Crippen LogP contribution is -2.56. The van der Waals surface area contributed by atoms with Gasteiger partial charge in [-0.1, -0.05) is 41.0 Å². The van der Waals surface area contributed by atoms with Crippen LogP contribution in [0, 0.1) is 27.6 Å². The molecule has 2 rings (SSSR count). The Kier molecular flexibility index (Phi) is 6.68. The Morgan fingerprint density at radius 2 is 1.53 bits per heavy atom. The van der Waals surface area contributed by atoms with Crippen molar-refractivity contribution < 1.29 is 33.7 Å². The number of aliphatic carboxylic acids is 1. The van der Waals surface area contributed by atoms with Crippen LogP contribution in [0.15, 0.2) is 0 Å². The molecule has 6 unspecified atom stereocenters. The highest BCUT2D eigenvalue weighted by Crippen LogP contribution is 2.60. The number of esters is 2. The molecule has 0 aliphatic carbocycles. The lowest BCUT2D eigenvalue weighted by atomic mass is 9.57. The van der Waals surface area contributed by atoms with Gasteiger partial charge in [-0.3, -0.25) is 14.4 Å².